The first kappa shape index (κ1) is 40.0. The van der Waals surface area contributed by atoms with Crippen LogP contribution < -0.4 is 5.73 Å². The molecule has 5 nitrogen and oxygen atoms in total. The van der Waals surface area contributed by atoms with Crippen LogP contribution in [-0.2, 0) is 14.2 Å². The molecule has 0 aromatic carbocycles. The van der Waals surface area contributed by atoms with E-state index >= 15 is 0 Å². The van der Waals surface area contributed by atoms with Gasteiger partial charge in [0.05, 0.1) is 18.8 Å². The fourth-order valence-corrected chi connectivity index (χ4v) is 10.2. The molecular weight excluding hydrogens is 568 g/mol. The summed E-state index contributed by atoms with van der Waals surface area (Å²) >= 11 is 0. The first-order chi connectivity index (χ1) is 22.1. The third kappa shape index (κ3) is 10.5. The molecule has 46 heavy (non-hydrogen) atoms. The van der Waals surface area contributed by atoms with Crippen LogP contribution in [0.3, 0.4) is 0 Å². The second-order valence-corrected chi connectivity index (χ2v) is 16.3. The zero-order chi connectivity index (χ0) is 33.6. The Labute approximate surface area is 286 Å². The van der Waals surface area contributed by atoms with Crippen molar-refractivity contribution in [2.75, 3.05) is 47.1 Å². The monoisotopic (exact) mass is 647 g/mol. The molecule has 0 spiro atoms. The Kier molecular flexibility index (Phi) is 17.6. The Bertz CT molecular complexity index is 861. The smallest absolute Gasteiger partial charge is 0.0934 e. The first-order valence-corrected chi connectivity index (χ1v) is 20.1. The maximum absolute atomic E-state index is 7.60. The molecule has 2 N–H and O–H groups in total. The number of ether oxygens (including phenoxy) is 3. The van der Waals surface area contributed by atoms with Gasteiger partial charge >= 0.3 is 0 Å². The highest BCUT2D eigenvalue weighted by Crippen LogP contribution is 2.61. The van der Waals surface area contributed by atoms with E-state index in [1.54, 1.807) is 5.57 Å². The molecule has 0 radical (unpaired) electrons. The van der Waals surface area contributed by atoms with E-state index in [-0.39, 0.29) is 17.1 Å². The van der Waals surface area contributed by atoms with Crippen LogP contribution in [0.15, 0.2) is 11.6 Å². The Hall–Kier alpha value is -0.460. The van der Waals surface area contributed by atoms with Crippen LogP contribution in [0.5, 0.6) is 0 Å². The lowest BCUT2D eigenvalue weighted by molar-refractivity contribution is -0.0456. The molecule has 8 unspecified atom stereocenters. The molecule has 0 aromatic rings. The van der Waals surface area contributed by atoms with Gasteiger partial charge in [0.2, 0.25) is 0 Å². The van der Waals surface area contributed by atoms with Crippen molar-refractivity contribution in [2.45, 2.75) is 168 Å². The molecule has 3 aliphatic carbocycles. The third-order valence-electron chi connectivity index (χ3n) is 12.9. The minimum Gasteiger partial charge on any atom is -0.379 e. The molecule has 0 amide bonds. The number of unbranched alkanes of at least 4 members (excludes halogenated alkanes) is 7. The van der Waals surface area contributed by atoms with Crippen LogP contribution in [-0.4, -0.2) is 69.7 Å². The van der Waals surface area contributed by atoms with Gasteiger partial charge in [0, 0.05) is 31.9 Å². The lowest BCUT2D eigenvalue weighted by Gasteiger charge is -2.59. The van der Waals surface area contributed by atoms with Crippen molar-refractivity contribution >= 4 is 0 Å². The van der Waals surface area contributed by atoms with Crippen LogP contribution in [0.1, 0.15) is 151 Å². The van der Waals surface area contributed by atoms with Crippen LogP contribution in [0, 0.1) is 35.0 Å². The molecule has 2 fully saturated rings. The zero-order valence-electron chi connectivity index (χ0n) is 31.9. The van der Waals surface area contributed by atoms with E-state index < -0.39 is 0 Å². The SMILES string of the molecule is CCCCCCCCCOCC(CN(C)C)OCCCCOC1CCC2(C(C)C)C(=CCC(N)(C3CCC(CC)C3CC)C2C)C1. The minimum atomic E-state index is -0.0740. The molecule has 2 saturated carbocycles. The Balaban J connectivity index is 1.41. The summed E-state index contributed by atoms with van der Waals surface area (Å²) in [7, 11) is 4.24. The van der Waals surface area contributed by atoms with Crippen molar-refractivity contribution in [3.05, 3.63) is 11.6 Å². The van der Waals surface area contributed by atoms with E-state index in [9.17, 15) is 0 Å². The number of rotatable bonds is 23. The highest BCUT2D eigenvalue weighted by atomic mass is 16.5. The van der Waals surface area contributed by atoms with Crippen LogP contribution >= 0.6 is 0 Å². The summed E-state index contributed by atoms with van der Waals surface area (Å²) in [6, 6.07) is 0. The standard InChI is InChI=1S/C41H78N2O3/c1-9-12-13-14-15-16-17-26-44-31-37(30-43(7)8)46-28-19-18-27-45-36-23-24-40(32(4)5)33(6)41(42,25-22-35(40)29-36)39-21-20-34(10-2)38(39)11-3/h22,32-34,36-39H,9-21,23-31,42H2,1-8H3. The van der Waals surface area contributed by atoms with Crippen molar-refractivity contribution in [3.63, 3.8) is 0 Å². The molecular formula is C41H78N2O3. The van der Waals surface area contributed by atoms with Gasteiger partial charge < -0.3 is 24.8 Å². The number of likely N-dealkylation sites (N-methyl/N-ethyl adjacent to an activating group) is 1. The molecule has 3 rings (SSSR count). The summed E-state index contributed by atoms with van der Waals surface area (Å²) in [6.45, 7) is 18.6. The van der Waals surface area contributed by atoms with E-state index in [4.69, 9.17) is 19.9 Å². The summed E-state index contributed by atoms with van der Waals surface area (Å²) in [4.78, 5) is 2.21. The fourth-order valence-electron chi connectivity index (χ4n) is 10.2. The Morgan fingerprint density at radius 3 is 2.26 bits per heavy atom. The maximum atomic E-state index is 7.60. The lowest BCUT2D eigenvalue weighted by Crippen LogP contribution is -2.62. The van der Waals surface area contributed by atoms with Gasteiger partial charge in [-0.25, -0.2) is 0 Å². The van der Waals surface area contributed by atoms with Crippen molar-refractivity contribution in [1.29, 1.82) is 0 Å². The predicted octanol–water partition coefficient (Wildman–Crippen LogP) is 9.82. The zero-order valence-corrected chi connectivity index (χ0v) is 31.9. The van der Waals surface area contributed by atoms with Crippen LogP contribution in [0.2, 0.25) is 0 Å². The molecule has 0 heterocycles. The largest absolute Gasteiger partial charge is 0.379 e. The fraction of sp³-hybridized carbons (Fsp3) is 0.951. The summed E-state index contributed by atoms with van der Waals surface area (Å²) in [6.07, 6.45) is 24.2. The average molecular weight is 647 g/mol. The number of fused-ring (bicyclic) bond motifs is 1. The van der Waals surface area contributed by atoms with Gasteiger partial charge in [0.1, 0.15) is 0 Å². The molecule has 270 valence electrons. The number of nitrogens with two attached hydrogens (primary N) is 1. The second kappa shape index (κ2) is 20.3. The van der Waals surface area contributed by atoms with Crippen molar-refractivity contribution in [1.82, 2.24) is 4.90 Å². The predicted molar refractivity (Wildman–Crippen MR) is 196 cm³/mol. The van der Waals surface area contributed by atoms with Gasteiger partial charge in [-0.2, -0.15) is 0 Å². The van der Waals surface area contributed by atoms with Gasteiger partial charge in [-0.05, 0) is 107 Å². The number of hydrogen-bond donors (Lipinski definition) is 1. The van der Waals surface area contributed by atoms with E-state index in [1.807, 2.05) is 0 Å². The number of hydrogen-bond acceptors (Lipinski definition) is 5. The summed E-state index contributed by atoms with van der Waals surface area (Å²) < 4.78 is 18.9. The Morgan fingerprint density at radius 1 is 0.891 bits per heavy atom. The van der Waals surface area contributed by atoms with E-state index in [0.717, 1.165) is 70.3 Å². The van der Waals surface area contributed by atoms with Crippen molar-refractivity contribution in [2.24, 2.45) is 40.7 Å². The van der Waals surface area contributed by atoms with Crippen LogP contribution in [0.25, 0.3) is 0 Å². The molecule has 5 heteroatoms. The third-order valence-corrected chi connectivity index (χ3v) is 12.9. The maximum Gasteiger partial charge on any atom is 0.0934 e. The van der Waals surface area contributed by atoms with E-state index in [1.165, 1.54) is 77.0 Å². The summed E-state index contributed by atoms with van der Waals surface area (Å²) in [5.41, 5.74) is 9.41. The molecule has 8 atom stereocenters. The highest BCUT2D eigenvalue weighted by Gasteiger charge is 2.58. The minimum absolute atomic E-state index is 0.0740. The molecule has 0 aromatic heterocycles. The van der Waals surface area contributed by atoms with Gasteiger partial charge in [-0.3, -0.25) is 0 Å². The quantitative estimate of drug-likeness (QED) is 0.0885. The number of nitrogens with zero attached hydrogens (tertiary/aromatic N) is 1. The normalized spacial score (nSPS) is 32.2. The highest BCUT2D eigenvalue weighted by molar-refractivity contribution is 5.30. The molecule has 3 aliphatic rings. The molecule has 0 aliphatic heterocycles. The van der Waals surface area contributed by atoms with Crippen molar-refractivity contribution < 1.29 is 14.2 Å². The lowest BCUT2D eigenvalue weighted by atomic mass is 9.47. The molecule has 0 bridgehead atoms. The van der Waals surface area contributed by atoms with E-state index in [2.05, 4.69) is 66.6 Å². The van der Waals surface area contributed by atoms with Gasteiger partial charge in [-0.1, -0.05) is 105 Å². The second-order valence-electron chi connectivity index (χ2n) is 16.3. The molecule has 0 saturated heterocycles. The Morgan fingerprint density at radius 2 is 1.59 bits per heavy atom. The van der Waals surface area contributed by atoms with E-state index in [0.29, 0.717) is 30.5 Å². The van der Waals surface area contributed by atoms with Crippen LogP contribution in [0.4, 0.5) is 0 Å². The summed E-state index contributed by atoms with van der Waals surface area (Å²) in [5, 5.41) is 0. The van der Waals surface area contributed by atoms with Gasteiger partial charge in [-0.15, -0.1) is 0 Å². The topological polar surface area (TPSA) is 57.0 Å². The van der Waals surface area contributed by atoms with Gasteiger partial charge in [0.15, 0.2) is 0 Å². The summed E-state index contributed by atoms with van der Waals surface area (Å²) in [5.74, 6) is 3.44. The first-order valence-electron chi connectivity index (χ1n) is 20.1. The van der Waals surface area contributed by atoms with Crippen molar-refractivity contribution in [3.8, 4) is 0 Å². The average Bonchev–Trinajstić information content (AvgIpc) is 3.47. The van der Waals surface area contributed by atoms with Gasteiger partial charge in [0.25, 0.3) is 0 Å².